The fraction of sp³-hybridized carbons (Fsp3) is 0.385. The monoisotopic (exact) mass is 326 g/mol. The summed E-state index contributed by atoms with van der Waals surface area (Å²) in [5.74, 6) is 0.167. The predicted octanol–water partition coefficient (Wildman–Crippen LogP) is 1.78. The van der Waals surface area contributed by atoms with Gasteiger partial charge in [0.2, 0.25) is 11.8 Å². The molecule has 0 bridgehead atoms. The average molecular weight is 327 g/mol. The Hall–Kier alpha value is -1.56. The fourth-order valence-electron chi connectivity index (χ4n) is 2.06. The van der Waals surface area contributed by atoms with Gasteiger partial charge in [-0.25, -0.2) is 0 Å². The quantitative estimate of drug-likeness (QED) is 0.860. The lowest BCUT2D eigenvalue weighted by Gasteiger charge is -2.29. The van der Waals surface area contributed by atoms with Gasteiger partial charge in [-0.15, -0.1) is 0 Å². The maximum absolute atomic E-state index is 11.9. The Kier molecular flexibility index (Phi) is 4.42. The molecule has 5 nitrogen and oxygen atoms in total. The number of hydrogen-bond acceptors (Lipinski definition) is 3. The van der Waals surface area contributed by atoms with E-state index in [-0.39, 0.29) is 17.7 Å². The van der Waals surface area contributed by atoms with Crippen molar-refractivity contribution >= 4 is 33.8 Å². The first-order chi connectivity index (χ1) is 9.06. The number of primary amides is 1. The normalized spacial score (nSPS) is 17.0. The molecule has 0 aliphatic carbocycles. The van der Waals surface area contributed by atoms with Crippen LogP contribution in [0.15, 0.2) is 27.3 Å². The Morgan fingerprint density at radius 3 is 2.58 bits per heavy atom. The molecule has 6 heteroatoms. The second-order valence-corrected chi connectivity index (χ2v) is 5.26. The third-order valence-electron chi connectivity index (χ3n) is 3.19. The minimum atomic E-state index is -0.275. The van der Waals surface area contributed by atoms with Crippen molar-refractivity contribution in [3.8, 4) is 0 Å². The number of piperidine rings is 1. The summed E-state index contributed by atoms with van der Waals surface area (Å²) in [7, 11) is 0. The van der Waals surface area contributed by atoms with Crippen molar-refractivity contribution in [2.24, 2.45) is 11.7 Å². The number of rotatable bonds is 3. The van der Waals surface area contributed by atoms with Crippen molar-refractivity contribution in [1.29, 1.82) is 0 Å². The number of furan rings is 1. The maximum atomic E-state index is 11.9. The van der Waals surface area contributed by atoms with E-state index in [0.29, 0.717) is 36.4 Å². The van der Waals surface area contributed by atoms with E-state index in [1.165, 1.54) is 6.08 Å². The van der Waals surface area contributed by atoms with E-state index in [1.54, 1.807) is 23.1 Å². The lowest BCUT2D eigenvalue weighted by atomic mass is 9.96. The molecule has 102 valence electrons. The summed E-state index contributed by atoms with van der Waals surface area (Å²) in [5, 5.41) is 0. The number of carbonyl (C=O) groups is 2. The average Bonchev–Trinajstić information content (AvgIpc) is 2.82. The van der Waals surface area contributed by atoms with Crippen LogP contribution in [0.5, 0.6) is 0 Å². The SMILES string of the molecule is NC(=O)C1CCN(C(=O)/C=C/c2ccc(Br)o2)CC1. The van der Waals surface area contributed by atoms with Crippen LogP contribution in [0.3, 0.4) is 0 Å². The first-order valence-electron chi connectivity index (χ1n) is 6.08. The molecule has 0 radical (unpaired) electrons. The highest BCUT2D eigenvalue weighted by Gasteiger charge is 2.24. The molecular formula is C13H15BrN2O3. The topological polar surface area (TPSA) is 76.5 Å². The predicted molar refractivity (Wildman–Crippen MR) is 73.9 cm³/mol. The van der Waals surface area contributed by atoms with E-state index in [1.807, 2.05) is 0 Å². The van der Waals surface area contributed by atoms with Crippen LogP contribution in [0, 0.1) is 5.92 Å². The number of halogens is 1. The zero-order valence-electron chi connectivity index (χ0n) is 10.3. The summed E-state index contributed by atoms with van der Waals surface area (Å²) in [6.45, 7) is 1.14. The third kappa shape index (κ3) is 3.70. The van der Waals surface area contributed by atoms with E-state index in [0.717, 1.165) is 0 Å². The zero-order valence-corrected chi connectivity index (χ0v) is 11.9. The highest BCUT2D eigenvalue weighted by molar-refractivity contribution is 9.10. The smallest absolute Gasteiger partial charge is 0.246 e. The van der Waals surface area contributed by atoms with Crippen LogP contribution in [0.25, 0.3) is 6.08 Å². The molecule has 1 fully saturated rings. The largest absolute Gasteiger partial charge is 0.450 e. The molecule has 0 atom stereocenters. The van der Waals surface area contributed by atoms with Crippen LogP contribution in [0.4, 0.5) is 0 Å². The Morgan fingerprint density at radius 2 is 2.05 bits per heavy atom. The fourth-order valence-corrected chi connectivity index (χ4v) is 2.38. The van der Waals surface area contributed by atoms with Gasteiger partial charge in [0.15, 0.2) is 4.67 Å². The summed E-state index contributed by atoms with van der Waals surface area (Å²) in [6, 6.07) is 3.54. The number of nitrogens with zero attached hydrogens (tertiary/aromatic N) is 1. The van der Waals surface area contributed by atoms with Crippen LogP contribution in [0.2, 0.25) is 0 Å². The molecule has 1 aromatic rings. The summed E-state index contributed by atoms with van der Waals surface area (Å²) >= 11 is 3.20. The minimum absolute atomic E-state index is 0.0737. The van der Waals surface area contributed by atoms with Gasteiger partial charge in [-0.05, 0) is 47.0 Å². The van der Waals surface area contributed by atoms with Gasteiger partial charge in [0, 0.05) is 25.1 Å². The van der Waals surface area contributed by atoms with Crippen molar-refractivity contribution in [3.05, 3.63) is 28.6 Å². The lowest BCUT2D eigenvalue weighted by Crippen LogP contribution is -2.41. The van der Waals surface area contributed by atoms with Crippen LogP contribution < -0.4 is 5.73 Å². The molecular weight excluding hydrogens is 312 g/mol. The van der Waals surface area contributed by atoms with Gasteiger partial charge in [0.25, 0.3) is 0 Å². The van der Waals surface area contributed by atoms with Gasteiger partial charge in [-0.3, -0.25) is 9.59 Å². The number of carbonyl (C=O) groups excluding carboxylic acids is 2. The van der Waals surface area contributed by atoms with E-state index in [2.05, 4.69) is 15.9 Å². The Labute approximate surface area is 119 Å². The number of amides is 2. The molecule has 0 aromatic carbocycles. The Balaban J connectivity index is 1.88. The molecule has 0 unspecified atom stereocenters. The summed E-state index contributed by atoms with van der Waals surface area (Å²) in [6.07, 6.45) is 4.39. The maximum Gasteiger partial charge on any atom is 0.246 e. The first kappa shape index (κ1) is 13.9. The van der Waals surface area contributed by atoms with Crippen molar-refractivity contribution in [1.82, 2.24) is 4.90 Å². The minimum Gasteiger partial charge on any atom is -0.450 e. The molecule has 0 spiro atoms. The van der Waals surface area contributed by atoms with Crippen LogP contribution in [0.1, 0.15) is 18.6 Å². The number of likely N-dealkylation sites (tertiary alicyclic amines) is 1. The van der Waals surface area contributed by atoms with Crippen molar-refractivity contribution < 1.29 is 14.0 Å². The Morgan fingerprint density at radius 1 is 1.37 bits per heavy atom. The van der Waals surface area contributed by atoms with E-state index in [4.69, 9.17) is 10.2 Å². The van der Waals surface area contributed by atoms with Crippen LogP contribution >= 0.6 is 15.9 Å². The van der Waals surface area contributed by atoms with Gasteiger partial charge in [-0.2, -0.15) is 0 Å². The first-order valence-corrected chi connectivity index (χ1v) is 6.87. The molecule has 2 rings (SSSR count). The molecule has 1 aliphatic heterocycles. The van der Waals surface area contributed by atoms with Gasteiger partial charge in [0.1, 0.15) is 5.76 Å². The van der Waals surface area contributed by atoms with Gasteiger partial charge >= 0.3 is 0 Å². The highest BCUT2D eigenvalue weighted by Crippen LogP contribution is 2.18. The van der Waals surface area contributed by atoms with Gasteiger partial charge in [-0.1, -0.05) is 0 Å². The Bertz CT molecular complexity index is 502. The molecule has 1 aromatic heterocycles. The van der Waals surface area contributed by atoms with E-state index >= 15 is 0 Å². The highest BCUT2D eigenvalue weighted by atomic mass is 79.9. The standard InChI is InChI=1S/C13H15BrN2O3/c14-11-3-1-10(19-11)2-4-12(17)16-7-5-9(6-8-16)13(15)18/h1-4,9H,5-8H2,(H2,15,18)/b4-2+. The molecule has 2 amide bonds. The zero-order chi connectivity index (χ0) is 13.8. The van der Waals surface area contributed by atoms with E-state index < -0.39 is 0 Å². The summed E-state index contributed by atoms with van der Waals surface area (Å²) in [5.41, 5.74) is 5.25. The molecule has 19 heavy (non-hydrogen) atoms. The third-order valence-corrected chi connectivity index (χ3v) is 3.62. The second-order valence-electron chi connectivity index (χ2n) is 4.48. The molecule has 1 saturated heterocycles. The molecule has 0 saturated carbocycles. The summed E-state index contributed by atoms with van der Waals surface area (Å²) < 4.78 is 5.89. The molecule has 2 heterocycles. The lowest BCUT2D eigenvalue weighted by molar-refractivity contribution is -0.130. The van der Waals surface area contributed by atoms with Crippen molar-refractivity contribution in [2.45, 2.75) is 12.8 Å². The summed E-state index contributed by atoms with van der Waals surface area (Å²) in [4.78, 5) is 24.7. The molecule has 2 N–H and O–H groups in total. The van der Waals surface area contributed by atoms with E-state index in [9.17, 15) is 9.59 Å². The number of hydrogen-bond donors (Lipinski definition) is 1. The van der Waals surface area contributed by atoms with Crippen LogP contribution in [-0.2, 0) is 9.59 Å². The van der Waals surface area contributed by atoms with Gasteiger partial charge < -0.3 is 15.1 Å². The van der Waals surface area contributed by atoms with Crippen LogP contribution in [-0.4, -0.2) is 29.8 Å². The van der Waals surface area contributed by atoms with Crippen molar-refractivity contribution in [2.75, 3.05) is 13.1 Å². The second kappa shape index (κ2) is 6.06. The number of nitrogens with two attached hydrogens (primary N) is 1. The van der Waals surface area contributed by atoms with Crippen molar-refractivity contribution in [3.63, 3.8) is 0 Å². The van der Waals surface area contributed by atoms with Gasteiger partial charge in [0.05, 0.1) is 0 Å². The molecule has 1 aliphatic rings.